The van der Waals surface area contributed by atoms with E-state index in [1.54, 1.807) is 0 Å². The van der Waals surface area contributed by atoms with Gasteiger partial charge in [0.1, 0.15) is 0 Å². The van der Waals surface area contributed by atoms with Crippen LogP contribution in [0.25, 0.3) is 111 Å². The van der Waals surface area contributed by atoms with E-state index in [4.69, 9.17) is 19.9 Å². The molecule has 0 aliphatic rings. The molecule has 0 spiro atoms. The van der Waals surface area contributed by atoms with Crippen molar-refractivity contribution in [3.05, 3.63) is 194 Å². The predicted octanol–water partition coefficient (Wildman–Crippen LogP) is 13.1. The van der Waals surface area contributed by atoms with E-state index in [9.17, 15) is 0 Å². The third kappa shape index (κ3) is 5.34. The number of aryl methyl sites for hydroxylation is 1. The summed E-state index contributed by atoms with van der Waals surface area (Å²) in [6.07, 6.45) is 0. The number of aromatic nitrogens is 6. The summed E-state index contributed by atoms with van der Waals surface area (Å²) in [6.45, 7) is 2.17. The fourth-order valence-corrected chi connectivity index (χ4v) is 8.78. The van der Waals surface area contributed by atoms with Crippen molar-refractivity contribution in [3.63, 3.8) is 0 Å². The molecule has 276 valence electrons. The van der Waals surface area contributed by atoms with Crippen LogP contribution in [-0.2, 0) is 0 Å². The van der Waals surface area contributed by atoms with E-state index in [-0.39, 0.29) is 0 Å². The summed E-state index contributed by atoms with van der Waals surface area (Å²) in [5.74, 6) is 2.75. The molecule has 6 heteroatoms. The first-order valence-electron chi connectivity index (χ1n) is 19.9. The lowest BCUT2D eigenvalue weighted by atomic mass is 9.91. The molecule has 9 aromatic carbocycles. The highest BCUT2D eigenvalue weighted by Crippen LogP contribution is 2.39. The van der Waals surface area contributed by atoms with Crippen LogP contribution in [-0.4, -0.2) is 28.9 Å². The van der Waals surface area contributed by atoms with Crippen LogP contribution in [0, 0.1) is 6.92 Å². The van der Waals surface area contributed by atoms with E-state index in [0.29, 0.717) is 17.5 Å². The molecule has 6 nitrogen and oxygen atoms in total. The minimum atomic E-state index is 0.620. The molecule has 0 N–H and O–H groups in total. The second-order valence-electron chi connectivity index (χ2n) is 15.2. The van der Waals surface area contributed by atoms with E-state index >= 15 is 0 Å². The lowest BCUT2D eigenvalue weighted by molar-refractivity contribution is 1.07. The molecule has 0 saturated heterocycles. The van der Waals surface area contributed by atoms with Gasteiger partial charge in [0.25, 0.3) is 0 Å². The number of rotatable bonds is 5. The standard InChI is InChI=1S/C53H34N6/c1-33-20-27-43-44(30-33)41-17-9-8-16-40(41)42-28-23-37(31-45(42)43)38-24-29-48-49(32-38)59-47-19-11-10-18-46(47)54-53(59)58(48)39-25-21-36(22-26-39)52-56-50(34-12-4-2-5-13-34)55-51(57-52)35-14-6-3-7-15-35/h2-32H,1H3. The number of nitrogens with zero attached hydrogens (tertiary/aromatic N) is 6. The number of imidazole rings is 2. The van der Waals surface area contributed by atoms with Crippen LogP contribution in [0.5, 0.6) is 0 Å². The van der Waals surface area contributed by atoms with Crippen molar-refractivity contribution in [3.8, 4) is 51.0 Å². The highest BCUT2D eigenvalue weighted by atomic mass is 15.2. The smallest absolute Gasteiger partial charge is 0.220 e. The SMILES string of the molecule is Cc1ccc2c(c1)c1ccccc1c1ccc(-c3ccc4c(c3)n3c5ccccc5nc3n4-c3ccc(-c4nc(-c5ccccc5)nc(-c5ccccc5)n4)cc3)cc12. The summed E-state index contributed by atoms with van der Waals surface area (Å²) >= 11 is 0. The molecular weight excluding hydrogens is 721 g/mol. The zero-order chi connectivity index (χ0) is 39.0. The fraction of sp³-hybridized carbons (Fsp3) is 0.0189. The Labute approximate surface area is 339 Å². The van der Waals surface area contributed by atoms with Crippen molar-refractivity contribution in [1.29, 1.82) is 0 Å². The van der Waals surface area contributed by atoms with Crippen LogP contribution in [0.15, 0.2) is 188 Å². The van der Waals surface area contributed by atoms with E-state index in [1.165, 1.54) is 43.4 Å². The maximum Gasteiger partial charge on any atom is 0.220 e. The van der Waals surface area contributed by atoms with Gasteiger partial charge >= 0.3 is 0 Å². The van der Waals surface area contributed by atoms with Gasteiger partial charge in [-0.15, -0.1) is 0 Å². The van der Waals surface area contributed by atoms with Crippen LogP contribution < -0.4 is 0 Å². The van der Waals surface area contributed by atoms with Gasteiger partial charge in [-0.05, 0) is 105 Å². The van der Waals surface area contributed by atoms with Crippen molar-refractivity contribution < 1.29 is 0 Å². The van der Waals surface area contributed by atoms with Crippen molar-refractivity contribution in [2.75, 3.05) is 0 Å². The van der Waals surface area contributed by atoms with Crippen LogP contribution in [0.1, 0.15) is 5.56 Å². The Balaban J connectivity index is 1.01. The van der Waals surface area contributed by atoms with Gasteiger partial charge in [-0.25, -0.2) is 19.9 Å². The lowest BCUT2D eigenvalue weighted by Gasteiger charge is -2.13. The van der Waals surface area contributed by atoms with E-state index in [2.05, 4.69) is 137 Å². The fourth-order valence-electron chi connectivity index (χ4n) is 8.78. The third-order valence-corrected chi connectivity index (χ3v) is 11.6. The quantitative estimate of drug-likeness (QED) is 0.164. The molecule has 0 aliphatic heterocycles. The number of hydrogen-bond donors (Lipinski definition) is 0. The molecule has 12 rings (SSSR count). The molecule has 0 fully saturated rings. The molecule has 12 aromatic rings. The van der Waals surface area contributed by atoms with Crippen molar-refractivity contribution >= 4 is 60.2 Å². The van der Waals surface area contributed by atoms with Crippen LogP contribution in [0.3, 0.4) is 0 Å². The molecule has 0 unspecified atom stereocenters. The predicted molar refractivity (Wildman–Crippen MR) is 242 cm³/mol. The van der Waals surface area contributed by atoms with Crippen molar-refractivity contribution in [2.24, 2.45) is 0 Å². The van der Waals surface area contributed by atoms with Gasteiger partial charge in [0.05, 0.1) is 22.1 Å². The number of hydrogen-bond acceptors (Lipinski definition) is 4. The van der Waals surface area contributed by atoms with Crippen LogP contribution in [0.4, 0.5) is 0 Å². The van der Waals surface area contributed by atoms with Crippen LogP contribution >= 0.6 is 0 Å². The summed E-state index contributed by atoms with van der Waals surface area (Å²) in [5.41, 5.74) is 11.6. The Morgan fingerprint density at radius 1 is 0.339 bits per heavy atom. The number of fused-ring (bicyclic) bond motifs is 11. The Morgan fingerprint density at radius 3 is 1.56 bits per heavy atom. The maximum absolute atomic E-state index is 5.21. The Morgan fingerprint density at radius 2 is 0.847 bits per heavy atom. The van der Waals surface area contributed by atoms with Gasteiger partial charge < -0.3 is 0 Å². The molecule has 59 heavy (non-hydrogen) atoms. The van der Waals surface area contributed by atoms with Crippen molar-refractivity contribution in [1.82, 2.24) is 28.9 Å². The average Bonchev–Trinajstić information content (AvgIpc) is 3.84. The van der Waals surface area contributed by atoms with E-state index in [1.807, 2.05) is 66.7 Å². The summed E-state index contributed by atoms with van der Waals surface area (Å²) in [7, 11) is 0. The second kappa shape index (κ2) is 13.0. The normalized spacial score (nSPS) is 11.8. The molecule has 3 heterocycles. The summed E-state index contributed by atoms with van der Waals surface area (Å²) in [4.78, 5) is 20.0. The molecular formula is C53H34N6. The molecule has 0 bridgehead atoms. The average molecular weight is 755 g/mol. The molecule has 0 amide bonds. The summed E-state index contributed by atoms with van der Waals surface area (Å²) in [5, 5.41) is 7.66. The molecule has 3 aromatic heterocycles. The maximum atomic E-state index is 5.21. The third-order valence-electron chi connectivity index (χ3n) is 11.6. The van der Waals surface area contributed by atoms with Gasteiger partial charge in [0, 0.05) is 22.4 Å². The molecule has 0 radical (unpaired) electrons. The first-order valence-corrected chi connectivity index (χ1v) is 19.9. The summed E-state index contributed by atoms with van der Waals surface area (Å²) in [6, 6.07) is 66.3. The van der Waals surface area contributed by atoms with Gasteiger partial charge in [0.15, 0.2) is 17.5 Å². The van der Waals surface area contributed by atoms with Gasteiger partial charge in [-0.2, -0.15) is 0 Å². The molecule has 0 aliphatic carbocycles. The minimum absolute atomic E-state index is 0.620. The largest absolute Gasteiger partial charge is 0.278 e. The van der Waals surface area contributed by atoms with Gasteiger partial charge in [-0.3, -0.25) is 8.97 Å². The van der Waals surface area contributed by atoms with Gasteiger partial charge in [0.2, 0.25) is 5.78 Å². The number of para-hydroxylation sites is 2. The second-order valence-corrected chi connectivity index (χ2v) is 15.2. The Bertz CT molecular complexity index is 3550. The monoisotopic (exact) mass is 754 g/mol. The van der Waals surface area contributed by atoms with E-state index < -0.39 is 0 Å². The van der Waals surface area contributed by atoms with Gasteiger partial charge in [-0.1, -0.05) is 139 Å². The summed E-state index contributed by atoms with van der Waals surface area (Å²) < 4.78 is 4.54. The number of benzene rings is 9. The minimum Gasteiger partial charge on any atom is -0.278 e. The first-order chi connectivity index (χ1) is 29.1. The Kier molecular flexibility index (Phi) is 7.34. The topological polar surface area (TPSA) is 60.9 Å². The Hall–Kier alpha value is -7.96. The van der Waals surface area contributed by atoms with Crippen molar-refractivity contribution in [2.45, 2.75) is 6.92 Å². The molecule has 0 atom stereocenters. The highest BCUT2D eigenvalue weighted by molar-refractivity contribution is 6.26. The van der Waals surface area contributed by atoms with E-state index in [0.717, 1.165) is 55.8 Å². The first kappa shape index (κ1) is 33.2. The lowest BCUT2D eigenvalue weighted by Crippen LogP contribution is -2.00. The zero-order valence-corrected chi connectivity index (χ0v) is 32.1. The molecule has 0 saturated carbocycles. The van der Waals surface area contributed by atoms with Crippen LogP contribution in [0.2, 0.25) is 0 Å². The zero-order valence-electron chi connectivity index (χ0n) is 32.1. The highest BCUT2D eigenvalue weighted by Gasteiger charge is 2.19.